The zero-order chi connectivity index (χ0) is 9.78. The number of carbonyl (C=O) groups excluding carboxylic acids is 1. The molecule has 0 aliphatic heterocycles. The van der Waals surface area contributed by atoms with Crippen LogP contribution in [-0.4, -0.2) is 50.4 Å². The van der Waals surface area contributed by atoms with Gasteiger partial charge in [0.15, 0.2) is 0 Å². The maximum absolute atomic E-state index is 10.3. The lowest BCUT2D eigenvalue weighted by atomic mass is 10.4. The van der Waals surface area contributed by atoms with E-state index < -0.39 is 26.4 Å². The molecule has 0 aromatic rings. The van der Waals surface area contributed by atoms with Gasteiger partial charge in [-0.05, 0) is 0 Å². The molecule has 0 aromatic carbocycles. The van der Waals surface area contributed by atoms with E-state index >= 15 is 0 Å². The minimum absolute atomic E-state index is 0.0307. The number of aliphatic hydroxyl groups is 1. The molecule has 1 atom stereocenters. The highest BCUT2D eigenvalue weighted by Crippen LogP contribution is 2.34. The van der Waals surface area contributed by atoms with Crippen molar-refractivity contribution in [3.63, 3.8) is 0 Å². The van der Waals surface area contributed by atoms with Crippen molar-refractivity contribution in [1.82, 2.24) is 5.06 Å². The molecule has 7 nitrogen and oxygen atoms in total. The molecule has 72 valence electrons. The number of aliphatic hydroxyl groups excluding tert-OH is 1. The van der Waals surface area contributed by atoms with E-state index in [4.69, 9.17) is 20.1 Å². The lowest BCUT2D eigenvalue weighted by Crippen LogP contribution is -2.30. The normalized spacial score (nSPS) is 14.0. The molecule has 4 N–H and O–H groups in total. The fourth-order valence-electron chi connectivity index (χ4n) is 0.591. The SMILES string of the molecule is O=CN(O)C[C@@H](O)CP(=O)(O)O. The first-order chi connectivity index (χ1) is 5.35. The predicted molar refractivity (Wildman–Crippen MR) is 37.5 cm³/mol. The van der Waals surface area contributed by atoms with Crippen molar-refractivity contribution >= 4 is 14.0 Å². The summed E-state index contributed by atoms with van der Waals surface area (Å²) in [6, 6.07) is 0. The van der Waals surface area contributed by atoms with E-state index in [0.29, 0.717) is 0 Å². The van der Waals surface area contributed by atoms with Gasteiger partial charge in [0.25, 0.3) is 0 Å². The van der Waals surface area contributed by atoms with Gasteiger partial charge in [-0.15, -0.1) is 0 Å². The first-order valence-electron chi connectivity index (χ1n) is 2.98. The summed E-state index contributed by atoms with van der Waals surface area (Å²) < 4.78 is 10.3. The number of hydroxylamine groups is 2. The molecule has 0 aromatic heterocycles. The molecule has 0 spiro atoms. The van der Waals surface area contributed by atoms with Crippen LogP contribution in [0.2, 0.25) is 0 Å². The van der Waals surface area contributed by atoms with Gasteiger partial charge in [-0.2, -0.15) is 0 Å². The van der Waals surface area contributed by atoms with E-state index in [-0.39, 0.29) is 11.5 Å². The van der Waals surface area contributed by atoms with E-state index in [1.165, 1.54) is 0 Å². The molecule has 0 aliphatic rings. The zero-order valence-electron chi connectivity index (χ0n) is 6.07. The Morgan fingerprint density at radius 1 is 1.50 bits per heavy atom. The van der Waals surface area contributed by atoms with Crippen molar-refractivity contribution < 1.29 is 29.5 Å². The Labute approximate surface area is 68.3 Å². The molecule has 0 heterocycles. The zero-order valence-corrected chi connectivity index (χ0v) is 6.96. The van der Waals surface area contributed by atoms with Gasteiger partial charge in [-0.1, -0.05) is 0 Å². The van der Waals surface area contributed by atoms with Gasteiger partial charge in [0.05, 0.1) is 18.8 Å². The minimum Gasteiger partial charge on any atom is -0.391 e. The lowest BCUT2D eigenvalue weighted by Gasteiger charge is -2.14. The summed E-state index contributed by atoms with van der Waals surface area (Å²) in [5.74, 6) is 0. The van der Waals surface area contributed by atoms with Crippen LogP contribution in [-0.2, 0) is 9.36 Å². The van der Waals surface area contributed by atoms with E-state index in [0.717, 1.165) is 0 Å². The van der Waals surface area contributed by atoms with Crippen molar-refractivity contribution in [2.75, 3.05) is 12.7 Å². The van der Waals surface area contributed by atoms with Crippen LogP contribution in [0, 0.1) is 0 Å². The first-order valence-corrected chi connectivity index (χ1v) is 4.78. The van der Waals surface area contributed by atoms with Crippen molar-refractivity contribution in [2.24, 2.45) is 0 Å². The highest BCUT2D eigenvalue weighted by molar-refractivity contribution is 7.51. The monoisotopic (exact) mass is 199 g/mol. The molecule has 0 unspecified atom stereocenters. The van der Waals surface area contributed by atoms with E-state index in [9.17, 15) is 9.36 Å². The maximum Gasteiger partial charge on any atom is 0.328 e. The summed E-state index contributed by atoms with van der Waals surface area (Å²) in [4.78, 5) is 26.4. The van der Waals surface area contributed by atoms with Gasteiger partial charge in [0.2, 0.25) is 6.41 Å². The smallest absolute Gasteiger partial charge is 0.328 e. The molecular weight excluding hydrogens is 189 g/mol. The van der Waals surface area contributed by atoms with Crippen molar-refractivity contribution in [2.45, 2.75) is 6.10 Å². The van der Waals surface area contributed by atoms with Gasteiger partial charge in [0, 0.05) is 0 Å². The number of carbonyl (C=O) groups is 1. The third kappa shape index (κ3) is 6.26. The summed E-state index contributed by atoms with van der Waals surface area (Å²) >= 11 is 0. The molecule has 0 fully saturated rings. The van der Waals surface area contributed by atoms with Gasteiger partial charge < -0.3 is 14.9 Å². The number of hydrogen-bond donors (Lipinski definition) is 4. The van der Waals surface area contributed by atoms with E-state index in [1.807, 2.05) is 0 Å². The Morgan fingerprint density at radius 2 is 2.00 bits per heavy atom. The quantitative estimate of drug-likeness (QED) is 0.183. The van der Waals surface area contributed by atoms with Crippen LogP contribution in [0.25, 0.3) is 0 Å². The lowest BCUT2D eigenvalue weighted by molar-refractivity contribution is -0.154. The van der Waals surface area contributed by atoms with Gasteiger partial charge in [0.1, 0.15) is 0 Å². The Morgan fingerprint density at radius 3 is 2.33 bits per heavy atom. The molecule has 0 saturated heterocycles. The first kappa shape index (κ1) is 11.5. The van der Waals surface area contributed by atoms with E-state index in [1.54, 1.807) is 0 Å². The van der Waals surface area contributed by atoms with Crippen LogP contribution < -0.4 is 0 Å². The Bertz CT molecular complexity index is 190. The van der Waals surface area contributed by atoms with Gasteiger partial charge >= 0.3 is 7.60 Å². The third-order valence-electron chi connectivity index (χ3n) is 0.968. The van der Waals surface area contributed by atoms with Crippen LogP contribution in [0.4, 0.5) is 0 Å². The number of nitrogens with zero attached hydrogens (tertiary/aromatic N) is 1. The summed E-state index contributed by atoms with van der Waals surface area (Å²) in [6.45, 7) is -0.519. The Kier molecular flexibility index (Phi) is 4.36. The van der Waals surface area contributed by atoms with Crippen LogP contribution >= 0.6 is 7.60 Å². The van der Waals surface area contributed by atoms with E-state index in [2.05, 4.69) is 0 Å². The molecule has 1 amide bonds. The van der Waals surface area contributed by atoms with Crippen molar-refractivity contribution in [3.8, 4) is 0 Å². The standard InChI is InChI=1S/C4H10NO6P/c6-3-5(8)1-4(7)2-12(9,10)11/h3-4,7-8H,1-2H2,(H2,9,10,11)/t4-/m1/s1. The highest BCUT2D eigenvalue weighted by Gasteiger charge is 2.20. The topological polar surface area (TPSA) is 118 Å². The second kappa shape index (κ2) is 4.54. The van der Waals surface area contributed by atoms with Crippen LogP contribution in [0.1, 0.15) is 0 Å². The highest BCUT2D eigenvalue weighted by atomic mass is 31.2. The predicted octanol–water partition coefficient (Wildman–Crippen LogP) is -1.63. The molecule has 0 saturated carbocycles. The third-order valence-corrected chi connectivity index (χ3v) is 1.87. The molecule has 0 radical (unpaired) electrons. The largest absolute Gasteiger partial charge is 0.391 e. The molecule has 12 heavy (non-hydrogen) atoms. The Hall–Kier alpha value is -0.460. The fraction of sp³-hybridized carbons (Fsp3) is 0.750. The van der Waals surface area contributed by atoms with Crippen molar-refractivity contribution in [3.05, 3.63) is 0 Å². The second-order valence-corrected chi connectivity index (χ2v) is 3.92. The number of amides is 1. The van der Waals surface area contributed by atoms with Crippen LogP contribution in [0.5, 0.6) is 0 Å². The molecule has 8 heteroatoms. The van der Waals surface area contributed by atoms with Crippen LogP contribution in [0.3, 0.4) is 0 Å². The summed E-state index contributed by atoms with van der Waals surface area (Å²) in [5.41, 5.74) is 0. The van der Waals surface area contributed by atoms with Crippen molar-refractivity contribution in [1.29, 1.82) is 0 Å². The fourth-order valence-corrected chi connectivity index (χ4v) is 1.26. The number of rotatable bonds is 5. The average Bonchev–Trinajstić information content (AvgIpc) is 1.82. The second-order valence-electron chi connectivity index (χ2n) is 2.23. The summed E-state index contributed by atoms with van der Waals surface area (Å²) in [6.07, 6.45) is -2.18. The summed E-state index contributed by atoms with van der Waals surface area (Å²) in [7, 11) is -4.29. The van der Waals surface area contributed by atoms with Gasteiger partial charge in [-0.3, -0.25) is 14.6 Å². The molecule has 0 aliphatic carbocycles. The Balaban J connectivity index is 3.82. The summed E-state index contributed by atoms with van der Waals surface area (Å²) in [5, 5.41) is 17.4. The minimum atomic E-state index is -4.29. The maximum atomic E-state index is 10.3. The molecular formula is C4H10NO6P. The van der Waals surface area contributed by atoms with Gasteiger partial charge in [-0.25, -0.2) is 5.06 Å². The number of hydrogen-bond acceptors (Lipinski definition) is 4. The average molecular weight is 199 g/mol. The van der Waals surface area contributed by atoms with Crippen LogP contribution in [0.15, 0.2) is 0 Å². The molecule has 0 rings (SSSR count). The molecule has 0 bridgehead atoms.